The van der Waals surface area contributed by atoms with Gasteiger partial charge in [-0.2, -0.15) is 0 Å². The van der Waals surface area contributed by atoms with E-state index in [1.54, 1.807) is 7.11 Å². The summed E-state index contributed by atoms with van der Waals surface area (Å²) in [6.45, 7) is 14.1. The molecule has 2 nitrogen and oxygen atoms in total. The third-order valence-corrected chi connectivity index (χ3v) is 2.90. The highest BCUT2D eigenvalue weighted by atomic mass is 16.5. The molecule has 0 aliphatic rings. The largest absolute Gasteiger partial charge is 0.496 e. The minimum atomic E-state index is 0.120. The van der Waals surface area contributed by atoms with Crippen molar-refractivity contribution in [2.24, 2.45) is 5.41 Å². The molecule has 0 heterocycles. The number of hydrogen-bond acceptors (Lipinski definition) is 2. The van der Waals surface area contributed by atoms with Crippen molar-refractivity contribution in [1.29, 1.82) is 0 Å². The summed E-state index contributed by atoms with van der Waals surface area (Å²) in [5.74, 6) is 0.985. The first-order valence-corrected chi connectivity index (χ1v) is 7.01. The van der Waals surface area contributed by atoms with E-state index in [2.05, 4.69) is 65.1 Å². The Bertz CT molecular complexity index is 410. The summed E-state index contributed by atoms with van der Waals surface area (Å²) < 4.78 is 5.53. The van der Waals surface area contributed by atoms with Gasteiger partial charge in [0.15, 0.2) is 0 Å². The van der Waals surface area contributed by atoms with Crippen molar-refractivity contribution < 1.29 is 4.74 Å². The number of methoxy groups -OCH3 is 1. The van der Waals surface area contributed by atoms with Crippen LogP contribution in [-0.4, -0.2) is 12.6 Å². The molecule has 0 radical (unpaired) electrons. The van der Waals surface area contributed by atoms with Crippen LogP contribution in [0.1, 0.15) is 52.7 Å². The van der Waals surface area contributed by atoms with Gasteiger partial charge in [0.1, 0.15) is 5.75 Å². The fourth-order valence-corrected chi connectivity index (χ4v) is 2.02. The number of ether oxygens (including phenoxy) is 1. The first-order chi connectivity index (χ1) is 8.61. The van der Waals surface area contributed by atoms with Crippen molar-refractivity contribution in [1.82, 2.24) is 5.32 Å². The molecule has 1 aromatic carbocycles. The van der Waals surface area contributed by atoms with E-state index in [0.29, 0.717) is 5.41 Å². The standard InChI is InChI=1S/C17H29NO/c1-16(2,3)11-13-8-9-14(15(10-13)19-7)12-18-17(4,5)6/h8-10,18H,11-12H2,1-7H3. The zero-order valence-corrected chi connectivity index (χ0v) is 13.6. The average Bonchev–Trinajstić information content (AvgIpc) is 2.23. The summed E-state index contributed by atoms with van der Waals surface area (Å²) in [5, 5.41) is 3.50. The maximum absolute atomic E-state index is 5.53. The maximum Gasteiger partial charge on any atom is 0.123 e. The van der Waals surface area contributed by atoms with E-state index >= 15 is 0 Å². The molecule has 108 valence electrons. The molecule has 2 heteroatoms. The molecule has 1 aromatic rings. The Balaban J connectivity index is 2.85. The van der Waals surface area contributed by atoms with Gasteiger partial charge in [-0.15, -0.1) is 0 Å². The Labute approximate surface area is 118 Å². The van der Waals surface area contributed by atoms with Crippen molar-refractivity contribution in [3.63, 3.8) is 0 Å². The smallest absolute Gasteiger partial charge is 0.123 e. The quantitative estimate of drug-likeness (QED) is 0.880. The summed E-state index contributed by atoms with van der Waals surface area (Å²) >= 11 is 0. The molecule has 0 fully saturated rings. The number of nitrogens with one attached hydrogen (secondary N) is 1. The van der Waals surface area contributed by atoms with Crippen LogP contribution in [0.5, 0.6) is 5.75 Å². The van der Waals surface area contributed by atoms with Crippen molar-refractivity contribution in [2.75, 3.05) is 7.11 Å². The topological polar surface area (TPSA) is 21.3 Å². The van der Waals surface area contributed by atoms with Gasteiger partial charge >= 0.3 is 0 Å². The molecule has 0 atom stereocenters. The Kier molecular flexibility index (Phi) is 5.03. The van der Waals surface area contributed by atoms with Gasteiger partial charge in [-0.05, 0) is 44.2 Å². The van der Waals surface area contributed by atoms with Gasteiger partial charge in [0, 0.05) is 17.6 Å². The lowest BCUT2D eigenvalue weighted by Crippen LogP contribution is -2.35. The highest BCUT2D eigenvalue weighted by Gasteiger charge is 2.14. The minimum Gasteiger partial charge on any atom is -0.496 e. The molecule has 0 unspecified atom stereocenters. The van der Waals surface area contributed by atoms with Gasteiger partial charge in [-0.25, -0.2) is 0 Å². The third kappa shape index (κ3) is 6.11. The first-order valence-electron chi connectivity index (χ1n) is 7.01. The van der Waals surface area contributed by atoms with E-state index in [0.717, 1.165) is 18.7 Å². The fraction of sp³-hybridized carbons (Fsp3) is 0.647. The van der Waals surface area contributed by atoms with Gasteiger partial charge in [0.2, 0.25) is 0 Å². The van der Waals surface area contributed by atoms with Crippen LogP contribution in [0.4, 0.5) is 0 Å². The Hall–Kier alpha value is -1.02. The van der Waals surface area contributed by atoms with Crippen LogP contribution in [0.2, 0.25) is 0 Å². The monoisotopic (exact) mass is 263 g/mol. The van der Waals surface area contributed by atoms with Crippen LogP contribution in [-0.2, 0) is 13.0 Å². The highest BCUT2D eigenvalue weighted by molar-refractivity contribution is 5.38. The Morgan fingerprint density at radius 2 is 1.68 bits per heavy atom. The average molecular weight is 263 g/mol. The van der Waals surface area contributed by atoms with Gasteiger partial charge in [0.05, 0.1) is 7.11 Å². The summed E-state index contributed by atoms with van der Waals surface area (Å²) in [4.78, 5) is 0. The molecule has 0 amide bonds. The van der Waals surface area contributed by atoms with Crippen molar-refractivity contribution in [2.45, 2.75) is 60.0 Å². The SMILES string of the molecule is COc1cc(CC(C)(C)C)ccc1CNC(C)(C)C. The van der Waals surface area contributed by atoms with E-state index < -0.39 is 0 Å². The van der Waals surface area contributed by atoms with Crippen LogP contribution in [0.3, 0.4) is 0 Å². The van der Waals surface area contributed by atoms with Crippen LogP contribution in [0, 0.1) is 5.41 Å². The molecule has 0 spiro atoms. The maximum atomic E-state index is 5.53. The van der Waals surface area contributed by atoms with E-state index in [-0.39, 0.29) is 5.54 Å². The number of hydrogen-bond donors (Lipinski definition) is 1. The summed E-state index contributed by atoms with van der Waals surface area (Å²) in [7, 11) is 1.75. The third-order valence-electron chi connectivity index (χ3n) is 2.90. The zero-order valence-electron chi connectivity index (χ0n) is 13.6. The van der Waals surface area contributed by atoms with E-state index in [1.807, 2.05) is 0 Å². The Morgan fingerprint density at radius 3 is 2.16 bits per heavy atom. The van der Waals surface area contributed by atoms with Gasteiger partial charge in [-0.1, -0.05) is 32.9 Å². The van der Waals surface area contributed by atoms with Crippen LogP contribution < -0.4 is 10.1 Å². The molecule has 0 saturated carbocycles. The molecule has 0 aliphatic carbocycles. The van der Waals surface area contributed by atoms with Crippen LogP contribution in [0.15, 0.2) is 18.2 Å². The number of benzene rings is 1. The molecule has 0 bridgehead atoms. The van der Waals surface area contributed by atoms with Gasteiger partial charge < -0.3 is 10.1 Å². The first kappa shape index (κ1) is 16.0. The van der Waals surface area contributed by atoms with Gasteiger partial charge in [-0.3, -0.25) is 0 Å². The predicted molar refractivity (Wildman–Crippen MR) is 82.7 cm³/mol. The molecule has 0 saturated heterocycles. The molecular weight excluding hydrogens is 234 g/mol. The predicted octanol–water partition coefficient (Wildman–Crippen LogP) is 4.17. The molecular formula is C17H29NO. The molecule has 1 rings (SSSR count). The highest BCUT2D eigenvalue weighted by Crippen LogP contribution is 2.26. The fourth-order valence-electron chi connectivity index (χ4n) is 2.02. The summed E-state index contributed by atoms with van der Waals surface area (Å²) in [6.07, 6.45) is 1.07. The summed E-state index contributed by atoms with van der Waals surface area (Å²) in [5.41, 5.74) is 2.98. The second kappa shape index (κ2) is 5.96. The molecule has 1 N–H and O–H groups in total. The normalized spacial score (nSPS) is 12.6. The second-order valence-corrected chi connectivity index (χ2v) is 7.49. The molecule has 19 heavy (non-hydrogen) atoms. The van der Waals surface area contributed by atoms with Gasteiger partial charge in [0.25, 0.3) is 0 Å². The van der Waals surface area contributed by atoms with Crippen molar-refractivity contribution >= 4 is 0 Å². The van der Waals surface area contributed by atoms with Crippen LogP contribution in [0.25, 0.3) is 0 Å². The van der Waals surface area contributed by atoms with Crippen molar-refractivity contribution in [3.8, 4) is 5.75 Å². The minimum absolute atomic E-state index is 0.120. The van der Waals surface area contributed by atoms with E-state index in [4.69, 9.17) is 4.74 Å². The molecule has 0 aliphatic heterocycles. The Morgan fingerprint density at radius 1 is 1.05 bits per heavy atom. The lowest BCUT2D eigenvalue weighted by molar-refractivity contribution is 0.387. The number of rotatable bonds is 4. The van der Waals surface area contributed by atoms with Crippen LogP contribution >= 0.6 is 0 Å². The lowest BCUT2D eigenvalue weighted by atomic mass is 9.88. The lowest BCUT2D eigenvalue weighted by Gasteiger charge is -2.22. The van der Waals surface area contributed by atoms with E-state index in [1.165, 1.54) is 11.1 Å². The summed E-state index contributed by atoms with van der Waals surface area (Å²) in [6, 6.07) is 6.57. The second-order valence-electron chi connectivity index (χ2n) is 7.49. The van der Waals surface area contributed by atoms with E-state index in [9.17, 15) is 0 Å². The molecule has 0 aromatic heterocycles. The van der Waals surface area contributed by atoms with Crippen molar-refractivity contribution in [3.05, 3.63) is 29.3 Å². The zero-order chi connectivity index (χ0) is 14.7.